The molecule has 0 spiro atoms. The van der Waals surface area contributed by atoms with Gasteiger partial charge in [0.05, 0.1) is 25.0 Å². The highest BCUT2D eigenvalue weighted by molar-refractivity contribution is 7.07. The number of aromatic hydroxyl groups is 1. The maximum Gasteiger partial charge on any atom is 0.310 e. The van der Waals surface area contributed by atoms with E-state index in [9.17, 15) is 19.8 Å². The summed E-state index contributed by atoms with van der Waals surface area (Å²) in [5.74, 6) is 0.596. The first-order valence-electron chi connectivity index (χ1n) is 13.1. The van der Waals surface area contributed by atoms with Crippen LogP contribution in [-0.2, 0) is 17.9 Å². The van der Waals surface area contributed by atoms with Gasteiger partial charge in [-0.15, -0.1) is 0 Å². The van der Waals surface area contributed by atoms with Crippen molar-refractivity contribution in [3.63, 3.8) is 0 Å². The Balaban J connectivity index is 1.47. The van der Waals surface area contributed by atoms with E-state index in [1.165, 1.54) is 9.95 Å². The molecule has 2 N–H and O–H groups in total. The zero-order chi connectivity index (χ0) is 27.9. The summed E-state index contributed by atoms with van der Waals surface area (Å²) < 4.78 is 12.8. The maximum atomic E-state index is 11.8. The third-order valence-electron chi connectivity index (χ3n) is 7.54. The Morgan fingerprint density at radius 2 is 1.87 bits per heavy atom. The predicted molar refractivity (Wildman–Crippen MR) is 152 cm³/mol. The van der Waals surface area contributed by atoms with Gasteiger partial charge in [-0.2, -0.15) is 0 Å². The van der Waals surface area contributed by atoms with Crippen LogP contribution in [-0.4, -0.2) is 45.9 Å². The van der Waals surface area contributed by atoms with Crippen molar-refractivity contribution < 1.29 is 24.5 Å². The molecule has 1 heterocycles. The van der Waals surface area contributed by atoms with Gasteiger partial charge in [0.15, 0.2) is 11.5 Å². The van der Waals surface area contributed by atoms with Crippen LogP contribution in [0.4, 0.5) is 0 Å². The zero-order valence-electron chi connectivity index (χ0n) is 22.2. The molecule has 210 valence electrons. The quantitative estimate of drug-likeness (QED) is 0.281. The molecule has 1 aliphatic carbocycles. The molecular formula is C29H35ClN2O6S. The molecule has 39 heavy (non-hydrogen) atoms. The number of aliphatic carboxylic acids is 1. The number of hydrogen-bond acceptors (Lipinski definition) is 7. The Morgan fingerprint density at radius 1 is 1.15 bits per heavy atom. The Kier molecular flexibility index (Phi) is 9.94. The monoisotopic (exact) mass is 574 g/mol. The second-order valence-corrected chi connectivity index (χ2v) is 11.3. The van der Waals surface area contributed by atoms with Crippen LogP contribution in [0.5, 0.6) is 17.4 Å². The molecule has 1 atom stereocenters. The first-order valence-corrected chi connectivity index (χ1v) is 14.4. The van der Waals surface area contributed by atoms with Crippen LogP contribution in [0.1, 0.15) is 49.8 Å². The van der Waals surface area contributed by atoms with Gasteiger partial charge in [0.25, 0.3) is 0 Å². The summed E-state index contributed by atoms with van der Waals surface area (Å²) >= 11 is 7.08. The number of aromatic nitrogens is 1. The van der Waals surface area contributed by atoms with Crippen molar-refractivity contribution in [3.8, 4) is 17.4 Å². The van der Waals surface area contributed by atoms with E-state index in [2.05, 4.69) is 24.0 Å². The lowest BCUT2D eigenvalue weighted by atomic mass is 9.81. The molecular weight excluding hydrogens is 540 g/mol. The summed E-state index contributed by atoms with van der Waals surface area (Å²) in [6.07, 6.45) is 3.25. The highest BCUT2D eigenvalue weighted by Gasteiger charge is 2.28. The van der Waals surface area contributed by atoms with Crippen LogP contribution >= 0.6 is 22.9 Å². The number of carboxylic acids is 1. The summed E-state index contributed by atoms with van der Waals surface area (Å²) in [7, 11) is 1.59. The second-order valence-electron chi connectivity index (χ2n) is 10.1. The molecule has 1 aromatic heterocycles. The molecule has 1 aliphatic rings. The number of benzene rings is 2. The Morgan fingerprint density at radius 3 is 2.49 bits per heavy atom. The second kappa shape index (κ2) is 13.4. The summed E-state index contributed by atoms with van der Waals surface area (Å²) in [6.45, 7) is 4.16. The molecule has 0 saturated heterocycles. The fourth-order valence-corrected chi connectivity index (χ4v) is 5.95. The standard InChI is InChI=1S/C29H35ClN2O6S/c1-19(22-8-10-24(30)11-9-22)31(16-20-3-6-23(7-4-20)28(34)35)17-21-5-12-25(26(15-21)37-2)38-14-13-32-27(33)18-39-29(32)36/h5,8-12,15,18-20,23,33H,3-4,6-7,13-14,16-17H2,1-2H3,(H,34,35). The third-order valence-corrected chi connectivity index (χ3v) is 8.54. The molecule has 3 aromatic rings. The zero-order valence-corrected chi connectivity index (χ0v) is 23.8. The van der Waals surface area contributed by atoms with Crippen LogP contribution < -0.4 is 14.3 Å². The van der Waals surface area contributed by atoms with Crippen LogP contribution in [0.3, 0.4) is 0 Å². The van der Waals surface area contributed by atoms with E-state index in [0.717, 1.165) is 54.7 Å². The van der Waals surface area contributed by atoms with E-state index in [1.54, 1.807) is 7.11 Å². The number of carbonyl (C=O) groups is 1. The van der Waals surface area contributed by atoms with E-state index in [1.807, 2.05) is 30.3 Å². The molecule has 1 unspecified atom stereocenters. The lowest BCUT2D eigenvalue weighted by Gasteiger charge is -2.35. The minimum absolute atomic E-state index is 0.0674. The van der Waals surface area contributed by atoms with Gasteiger partial charge in [-0.05, 0) is 73.9 Å². The van der Waals surface area contributed by atoms with Crippen molar-refractivity contribution in [1.29, 1.82) is 0 Å². The van der Waals surface area contributed by atoms with Gasteiger partial charge < -0.3 is 19.7 Å². The Hall–Kier alpha value is -3.01. The fourth-order valence-electron chi connectivity index (χ4n) is 5.18. The molecule has 1 fully saturated rings. The van der Waals surface area contributed by atoms with E-state index >= 15 is 0 Å². The lowest BCUT2D eigenvalue weighted by molar-refractivity contribution is -0.143. The van der Waals surface area contributed by atoms with Gasteiger partial charge in [-0.25, -0.2) is 0 Å². The van der Waals surface area contributed by atoms with Crippen molar-refractivity contribution in [1.82, 2.24) is 9.47 Å². The number of halogens is 1. The molecule has 0 bridgehead atoms. The minimum Gasteiger partial charge on any atom is -0.494 e. The van der Waals surface area contributed by atoms with Gasteiger partial charge in [0, 0.05) is 24.2 Å². The molecule has 0 aliphatic heterocycles. The average Bonchev–Trinajstić information content (AvgIpc) is 3.26. The van der Waals surface area contributed by atoms with Crippen molar-refractivity contribution in [2.24, 2.45) is 11.8 Å². The molecule has 4 rings (SSSR count). The third kappa shape index (κ3) is 7.56. The first kappa shape index (κ1) is 29.0. The Bertz CT molecular complexity index is 1300. The molecule has 2 aromatic carbocycles. The van der Waals surface area contributed by atoms with Crippen molar-refractivity contribution >= 4 is 28.9 Å². The summed E-state index contributed by atoms with van der Waals surface area (Å²) in [5.41, 5.74) is 2.23. The number of nitrogens with zero attached hydrogens (tertiary/aromatic N) is 2. The number of hydrogen-bond donors (Lipinski definition) is 2. The van der Waals surface area contributed by atoms with E-state index in [0.29, 0.717) is 29.0 Å². The van der Waals surface area contributed by atoms with Crippen LogP contribution in [0.15, 0.2) is 52.6 Å². The highest BCUT2D eigenvalue weighted by atomic mass is 35.5. The summed E-state index contributed by atoms with van der Waals surface area (Å²) in [6, 6.07) is 13.9. The van der Waals surface area contributed by atoms with E-state index < -0.39 is 5.97 Å². The summed E-state index contributed by atoms with van der Waals surface area (Å²) in [5, 5.41) is 21.3. The molecule has 0 amide bonds. The van der Waals surface area contributed by atoms with Gasteiger partial charge in [0.1, 0.15) is 6.61 Å². The topological polar surface area (TPSA) is 101 Å². The van der Waals surface area contributed by atoms with Gasteiger partial charge in [-0.1, -0.05) is 41.1 Å². The van der Waals surface area contributed by atoms with E-state index in [-0.39, 0.29) is 35.9 Å². The number of ether oxygens (including phenoxy) is 2. The lowest BCUT2D eigenvalue weighted by Crippen LogP contribution is -2.34. The first-order chi connectivity index (χ1) is 18.7. The molecule has 8 nitrogen and oxygen atoms in total. The smallest absolute Gasteiger partial charge is 0.310 e. The largest absolute Gasteiger partial charge is 0.494 e. The van der Waals surface area contributed by atoms with Crippen molar-refractivity contribution in [2.45, 2.75) is 51.7 Å². The van der Waals surface area contributed by atoms with E-state index in [4.69, 9.17) is 21.1 Å². The molecule has 10 heteroatoms. The highest BCUT2D eigenvalue weighted by Crippen LogP contribution is 2.34. The fraction of sp³-hybridized carbons (Fsp3) is 0.448. The maximum absolute atomic E-state index is 11.8. The van der Waals surface area contributed by atoms with Gasteiger partial charge >= 0.3 is 10.8 Å². The number of thiazole rings is 1. The SMILES string of the molecule is COc1cc(CN(CC2CCC(C(=O)O)CC2)C(C)c2ccc(Cl)cc2)ccc1OCCn1c(O)csc1=O. The predicted octanol–water partition coefficient (Wildman–Crippen LogP) is 5.81. The number of carboxylic acid groups (broad SMARTS) is 1. The average molecular weight is 575 g/mol. The minimum atomic E-state index is -0.687. The summed E-state index contributed by atoms with van der Waals surface area (Å²) in [4.78, 5) is 25.4. The van der Waals surface area contributed by atoms with Gasteiger partial charge in [-0.3, -0.25) is 19.1 Å². The molecule has 1 saturated carbocycles. The molecule has 0 radical (unpaired) electrons. The van der Waals surface area contributed by atoms with Crippen LogP contribution in [0, 0.1) is 11.8 Å². The van der Waals surface area contributed by atoms with Crippen LogP contribution in [0.25, 0.3) is 0 Å². The van der Waals surface area contributed by atoms with Crippen LogP contribution in [0.2, 0.25) is 5.02 Å². The van der Waals surface area contributed by atoms with Crippen molar-refractivity contribution in [2.75, 3.05) is 20.3 Å². The van der Waals surface area contributed by atoms with Crippen molar-refractivity contribution in [3.05, 3.63) is 73.7 Å². The Labute approximate surface area is 237 Å². The normalized spacial score (nSPS) is 18.2. The number of rotatable bonds is 12. The van der Waals surface area contributed by atoms with Gasteiger partial charge in [0.2, 0.25) is 5.88 Å². The number of methoxy groups -OCH3 is 1.